The van der Waals surface area contributed by atoms with Gasteiger partial charge in [-0.3, -0.25) is 38.9 Å². The van der Waals surface area contributed by atoms with Gasteiger partial charge in [0, 0.05) is 63.9 Å². The summed E-state index contributed by atoms with van der Waals surface area (Å²) in [5.41, 5.74) is -0.980. The van der Waals surface area contributed by atoms with Crippen molar-refractivity contribution in [2.45, 2.75) is 162 Å². The third-order valence-corrected chi connectivity index (χ3v) is 10.4. The molecule has 19 heteroatoms. The summed E-state index contributed by atoms with van der Waals surface area (Å²) >= 11 is 0. The van der Waals surface area contributed by atoms with E-state index in [1.54, 1.807) is 10.9 Å². The van der Waals surface area contributed by atoms with Crippen LogP contribution in [-0.2, 0) is 46.4 Å². The number of carbonyl (C=O) groups excluding carboxylic acids is 4. The van der Waals surface area contributed by atoms with Gasteiger partial charge >= 0.3 is 11.7 Å². The maximum atomic E-state index is 12.7. The third-order valence-electron chi connectivity index (χ3n) is 10.4. The van der Waals surface area contributed by atoms with Crippen molar-refractivity contribution < 1.29 is 58.4 Å². The zero-order valence-corrected chi connectivity index (χ0v) is 37.0. The van der Waals surface area contributed by atoms with Gasteiger partial charge in [-0.2, -0.15) is 0 Å². The molecule has 2 aliphatic heterocycles. The Morgan fingerprint density at radius 1 is 1.10 bits per heavy atom. The van der Waals surface area contributed by atoms with E-state index < -0.39 is 65.0 Å². The summed E-state index contributed by atoms with van der Waals surface area (Å²) in [6, 6.07) is 4.02. The molecule has 3 amide bonds. The van der Waals surface area contributed by atoms with Crippen molar-refractivity contribution in [2.24, 2.45) is 11.8 Å². The minimum atomic E-state index is -1.35. The molecule has 2 aromatic rings. The Hall–Kier alpha value is -4.56. The fourth-order valence-corrected chi connectivity index (χ4v) is 6.92. The molecule has 6 unspecified atom stereocenters. The van der Waals surface area contributed by atoms with Gasteiger partial charge < -0.3 is 39.6 Å². The van der Waals surface area contributed by atoms with Gasteiger partial charge in [0.2, 0.25) is 24.0 Å². The van der Waals surface area contributed by atoms with E-state index in [9.17, 15) is 44.6 Å². The molecule has 19 nitrogen and oxygen atoms in total. The Balaban J connectivity index is 0.00000489. The number of nitrogens with zero attached hydrogens (tertiary/aromatic N) is 5. The van der Waals surface area contributed by atoms with E-state index in [2.05, 4.69) is 15.6 Å². The van der Waals surface area contributed by atoms with Crippen LogP contribution in [0, 0.1) is 22.0 Å². The Bertz CT molecular complexity index is 1780. The molecule has 1 aromatic carbocycles. The molecule has 4 N–H and O–H groups in total. The van der Waals surface area contributed by atoms with Crippen LogP contribution in [0.3, 0.4) is 0 Å². The number of unbranched alkanes of at least 4 members (excludes halogenated alkanes) is 2. The molecule has 342 valence electrons. The van der Waals surface area contributed by atoms with Gasteiger partial charge in [-0.15, -0.1) is 5.10 Å². The van der Waals surface area contributed by atoms with Crippen LogP contribution in [0.5, 0.6) is 5.75 Å². The van der Waals surface area contributed by atoms with Crippen molar-refractivity contribution in [1.29, 1.82) is 0 Å². The minimum Gasteiger partial charge on any atom is -0.458 e. The highest BCUT2D eigenvalue weighted by molar-refractivity contribution is 6.03. The largest absolute Gasteiger partial charge is 0.458 e. The number of aliphatic hydroxyl groups excluding tert-OH is 3. The predicted molar refractivity (Wildman–Crippen MR) is 221 cm³/mol. The average molecular weight is 863 g/mol. The molecule has 4 rings (SSSR count). The van der Waals surface area contributed by atoms with Crippen molar-refractivity contribution in [1.82, 2.24) is 25.2 Å². The lowest BCUT2D eigenvalue weighted by Crippen LogP contribution is -2.51. The number of amides is 3. The molecule has 61 heavy (non-hydrogen) atoms. The van der Waals surface area contributed by atoms with Crippen LogP contribution < -0.4 is 10.1 Å². The van der Waals surface area contributed by atoms with Gasteiger partial charge in [0.05, 0.1) is 41.1 Å². The number of nitrogens with one attached hydrogen (secondary N) is 1. The zero-order chi connectivity index (χ0) is 45.7. The second-order valence-electron chi connectivity index (χ2n) is 16.9. The molecular weight excluding hydrogens is 796 g/mol. The van der Waals surface area contributed by atoms with E-state index in [0.717, 1.165) is 0 Å². The van der Waals surface area contributed by atoms with Gasteiger partial charge in [0.25, 0.3) is 0 Å². The average Bonchev–Trinajstić information content (AvgIpc) is 3.77. The number of imide groups is 1. The molecular formula is C42H66N6O13. The number of aliphatic hydroxyl groups is 3. The summed E-state index contributed by atoms with van der Waals surface area (Å²) in [5, 5.41) is 53.1. The van der Waals surface area contributed by atoms with E-state index in [4.69, 9.17) is 18.9 Å². The SMILES string of the molecule is CC.CC(=O)OC(Cc1cn(CCC(C)(C)OCC(C)(C)NC(=O)CCCCCN2C(=O)CC(C(C)C)C2=O)nn1)c1ccc(OC2CC(O)C(O)C(CO)O2)c([N+](=O)[O-])c1. The first-order valence-electron chi connectivity index (χ1n) is 21.1. The molecule has 3 heterocycles. The maximum Gasteiger partial charge on any atom is 0.311 e. The summed E-state index contributed by atoms with van der Waals surface area (Å²) < 4.78 is 24.5. The smallest absolute Gasteiger partial charge is 0.311 e. The highest BCUT2D eigenvalue weighted by Gasteiger charge is 2.40. The molecule has 6 atom stereocenters. The maximum absolute atomic E-state index is 12.7. The first kappa shape index (κ1) is 50.8. The van der Waals surface area contributed by atoms with E-state index in [1.807, 2.05) is 55.4 Å². The van der Waals surface area contributed by atoms with Crippen LogP contribution in [0.2, 0.25) is 0 Å². The van der Waals surface area contributed by atoms with Crippen molar-refractivity contribution in [3.05, 3.63) is 45.8 Å². The number of aryl methyl sites for hydroxylation is 1. The normalized spacial score (nSPS) is 21.2. The van der Waals surface area contributed by atoms with Crippen LogP contribution in [0.15, 0.2) is 24.4 Å². The third kappa shape index (κ3) is 15.4. The number of ether oxygens (including phenoxy) is 4. The summed E-state index contributed by atoms with van der Waals surface area (Å²) in [7, 11) is 0. The fourth-order valence-electron chi connectivity index (χ4n) is 6.92. The Kier molecular flexibility index (Phi) is 19.2. The van der Waals surface area contributed by atoms with E-state index >= 15 is 0 Å². The lowest BCUT2D eigenvalue weighted by atomic mass is 9.94. The second-order valence-corrected chi connectivity index (χ2v) is 16.9. The summed E-state index contributed by atoms with van der Waals surface area (Å²) in [6.45, 7) is 17.2. The zero-order valence-electron chi connectivity index (χ0n) is 37.0. The summed E-state index contributed by atoms with van der Waals surface area (Å²) in [4.78, 5) is 62.3. The van der Waals surface area contributed by atoms with Crippen LogP contribution in [0.25, 0.3) is 0 Å². The fraction of sp³-hybridized carbons (Fsp3) is 0.714. The van der Waals surface area contributed by atoms with E-state index in [-0.39, 0.29) is 61.2 Å². The van der Waals surface area contributed by atoms with Gasteiger partial charge in [-0.1, -0.05) is 45.4 Å². The van der Waals surface area contributed by atoms with Crippen LogP contribution in [-0.4, -0.2) is 119 Å². The van der Waals surface area contributed by atoms with Crippen LogP contribution in [0.4, 0.5) is 5.69 Å². The Morgan fingerprint density at radius 2 is 1.80 bits per heavy atom. The van der Waals surface area contributed by atoms with Crippen molar-refractivity contribution in [2.75, 3.05) is 19.8 Å². The first-order chi connectivity index (χ1) is 28.7. The molecule has 2 saturated heterocycles. The van der Waals surface area contributed by atoms with Crippen LogP contribution >= 0.6 is 0 Å². The highest BCUT2D eigenvalue weighted by Crippen LogP contribution is 2.35. The summed E-state index contributed by atoms with van der Waals surface area (Å²) in [6.07, 6.45) is -1.27. The number of hydrogen-bond acceptors (Lipinski definition) is 15. The number of nitro benzene ring substituents is 1. The van der Waals surface area contributed by atoms with Crippen molar-refractivity contribution in [3.8, 4) is 5.75 Å². The number of nitro groups is 1. The number of aromatic nitrogens is 3. The van der Waals surface area contributed by atoms with Gasteiger partial charge in [0.15, 0.2) is 5.75 Å². The lowest BCUT2D eigenvalue weighted by molar-refractivity contribution is -0.386. The minimum absolute atomic E-state index is 0.0508. The monoisotopic (exact) mass is 862 g/mol. The standard InChI is InChI=1S/C40H60N6O13.C2H6/c1-24(2)28-19-35(51)45(38(28)53)15-10-8-9-11-34(50)41-39(4,5)23-56-40(6,7)14-16-44-21-27(42-43-44)18-32(57-25(3)48)26-12-13-31(29(17-26)46(54)55)58-36-20-30(49)37(52)33(22-47)59-36;1-2/h12-13,17,21,24,28,30,32-33,36-37,47,49,52H,8-11,14-16,18-20,22-23H2,1-7H3,(H,41,50);1-2H3. The Morgan fingerprint density at radius 3 is 2.43 bits per heavy atom. The van der Waals surface area contributed by atoms with E-state index in [0.29, 0.717) is 56.5 Å². The number of carbonyl (C=O) groups is 4. The highest BCUT2D eigenvalue weighted by atomic mass is 16.7. The van der Waals surface area contributed by atoms with Gasteiger partial charge in [-0.25, -0.2) is 0 Å². The van der Waals surface area contributed by atoms with Gasteiger partial charge in [-0.05, 0) is 64.5 Å². The first-order valence-corrected chi connectivity index (χ1v) is 21.1. The van der Waals surface area contributed by atoms with Crippen LogP contribution in [0.1, 0.15) is 125 Å². The predicted octanol–water partition coefficient (Wildman–Crippen LogP) is 3.94. The molecule has 2 aliphatic rings. The molecule has 0 bridgehead atoms. The topological polar surface area (TPSA) is 255 Å². The number of benzene rings is 1. The second kappa shape index (κ2) is 23.0. The lowest BCUT2D eigenvalue weighted by Gasteiger charge is -2.35. The molecule has 0 aliphatic carbocycles. The number of rotatable bonds is 22. The quantitative estimate of drug-likeness (QED) is 0.0430. The van der Waals surface area contributed by atoms with Crippen molar-refractivity contribution in [3.63, 3.8) is 0 Å². The number of hydrogen-bond donors (Lipinski definition) is 4. The molecule has 0 saturated carbocycles. The number of esters is 1. The molecule has 0 radical (unpaired) electrons. The molecule has 0 spiro atoms. The van der Waals surface area contributed by atoms with E-state index in [1.165, 1.54) is 30.0 Å². The Labute approximate surface area is 357 Å². The van der Waals surface area contributed by atoms with Gasteiger partial charge in [0.1, 0.15) is 18.3 Å². The van der Waals surface area contributed by atoms with Crippen molar-refractivity contribution >= 4 is 29.4 Å². The number of likely N-dealkylation sites (tertiary alicyclic amines) is 1. The molecule has 1 aromatic heterocycles. The summed E-state index contributed by atoms with van der Waals surface area (Å²) in [5.74, 6) is -1.24. The molecule has 2 fully saturated rings.